The maximum absolute atomic E-state index is 14.0. The molecule has 0 unspecified atom stereocenters. The molecule has 3 heterocycles. The maximum Gasteiger partial charge on any atom is 0.254 e. The van der Waals surface area contributed by atoms with E-state index >= 15 is 0 Å². The third-order valence-corrected chi connectivity index (χ3v) is 4.73. The van der Waals surface area contributed by atoms with Crippen molar-refractivity contribution in [2.24, 2.45) is 0 Å². The fourth-order valence-corrected chi connectivity index (χ4v) is 3.40. The third kappa shape index (κ3) is 2.87. The van der Waals surface area contributed by atoms with E-state index in [-0.39, 0.29) is 11.9 Å². The smallest absolute Gasteiger partial charge is 0.254 e. The maximum atomic E-state index is 14.0. The number of aromatic nitrogens is 3. The summed E-state index contributed by atoms with van der Waals surface area (Å²) in [5, 5.41) is 4.49. The molecule has 1 aliphatic heterocycles. The molecular formula is C20H19FN4O. The van der Waals surface area contributed by atoms with Crippen molar-refractivity contribution in [1.82, 2.24) is 19.7 Å². The molecule has 1 aliphatic rings. The Kier molecular flexibility index (Phi) is 4.03. The summed E-state index contributed by atoms with van der Waals surface area (Å²) in [5.74, 6) is -0.440. The van der Waals surface area contributed by atoms with Crippen LogP contribution in [0.15, 0.2) is 48.8 Å². The fraction of sp³-hybridized carbons (Fsp3) is 0.250. The van der Waals surface area contributed by atoms with E-state index in [2.05, 4.69) is 10.1 Å². The number of rotatable bonds is 3. The van der Waals surface area contributed by atoms with Gasteiger partial charge in [-0.3, -0.25) is 14.5 Å². The van der Waals surface area contributed by atoms with E-state index in [0.29, 0.717) is 29.8 Å². The second kappa shape index (κ2) is 6.37. The van der Waals surface area contributed by atoms with Gasteiger partial charge in [0.2, 0.25) is 0 Å². The highest BCUT2D eigenvalue weighted by molar-refractivity contribution is 5.96. The molecule has 0 bridgehead atoms. The van der Waals surface area contributed by atoms with E-state index in [1.54, 1.807) is 41.4 Å². The fourth-order valence-electron chi connectivity index (χ4n) is 3.40. The van der Waals surface area contributed by atoms with Crippen molar-refractivity contribution in [2.45, 2.75) is 19.9 Å². The van der Waals surface area contributed by atoms with E-state index < -0.39 is 5.82 Å². The number of amides is 1. The lowest BCUT2D eigenvalue weighted by Crippen LogP contribution is -2.51. The molecule has 0 saturated carbocycles. The Bertz CT molecular complexity index is 975. The second-order valence-corrected chi connectivity index (χ2v) is 6.67. The summed E-state index contributed by atoms with van der Waals surface area (Å²) < 4.78 is 15.9. The Morgan fingerprint density at radius 2 is 2.00 bits per heavy atom. The monoisotopic (exact) mass is 350 g/mol. The first-order valence-corrected chi connectivity index (χ1v) is 8.55. The molecule has 1 fully saturated rings. The number of carbonyl (C=O) groups excluding carboxylic acids is 1. The number of pyridine rings is 1. The average Bonchev–Trinajstić information content (AvgIpc) is 2.92. The highest BCUT2D eigenvalue weighted by Crippen LogP contribution is 2.27. The van der Waals surface area contributed by atoms with Crippen LogP contribution in [0.2, 0.25) is 0 Å². The summed E-state index contributed by atoms with van der Waals surface area (Å²) in [4.78, 5) is 18.3. The number of aryl methyl sites for hydroxylation is 2. The Hall–Kier alpha value is -3.02. The molecule has 2 aromatic heterocycles. The average molecular weight is 350 g/mol. The molecule has 0 aliphatic carbocycles. The molecule has 1 amide bonds. The first-order chi connectivity index (χ1) is 12.5. The molecule has 0 N–H and O–H groups in total. The Labute approximate surface area is 151 Å². The standard InChI is InChI=1S/C20H19FN4O/c1-13-8-14(2)25(23-13)17-11-24(12-17)20(26)16-5-3-4-15(9-16)18-6-7-22-10-19(18)21/h3-10,17H,11-12H2,1-2H3. The summed E-state index contributed by atoms with van der Waals surface area (Å²) in [5.41, 5.74) is 3.77. The summed E-state index contributed by atoms with van der Waals surface area (Å²) in [7, 11) is 0. The summed E-state index contributed by atoms with van der Waals surface area (Å²) in [6, 6.07) is 10.9. The minimum absolute atomic E-state index is 0.0425. The molecule has 1 saturated heterocycles. The van der Waals surface area contributed by atoms with E-state index in [9.17, 15) is 9.18 Å². The van der Waals surface area contributed by atoms with Crippen LogP contribution in [0.3, 0.4) is 0 Å². The van der Waals surface area contributed by atoms with Gasteiger partial charge in [-0.25, -0.2) is 4.39 Å². The molecule has 3 aromatic rings. The van der Waals surface area contributed by atoms with Crippen LogP contribution in [0.25, 0.3) is 11.1 Å². The predicted molar refractivity (Wildman–Crippen MR) is 96.3 cm³/mol. The van der Waals surface area contributed by atoms with Gasteiger partial charge in [-0.15, -0.1) is 0 Å². The van der Waals surface area contributed by atoms with Gasteiger partial charge in [0.1, 0.15) is 5.82 Å². The number of hydrogen-bond donors (Lipinski definition) is 0. The number of carbonyl (C=O) groups is 1. The van der Waals surface area contributed by atoms with Crippen LogP contribution >= 0.6 is 0 Å². The van der Waals surface area contributed by atoms with Crippen molar-refractivity contribution in [2.75, 3.05) is 13.1 Å². The Morgan fingerprint density at radius 1 is 1.19 bits per heavy atom. The molecule has 5 nitrogen and oxygen atoms in total. The zero-order valence-electron chi connectivity index (χ0n) is 14.7. The molecule has 0 spiro atoms. The zero-order valence-corrected chi connectivity index (χ0v) is 14.7. The van der Waals surface area contributed by atoms with Crippen LogP contribution in [0.5, 0.6) is 0 Å². The van der Waals surface area contributed by atoms with Crippen LogP contribution < -0.4 is 0 Å². The summed E-state index contributed by atoms with van der Waals surface area (Å²) in [6.45, 7) is 5.26. The van der Waals surface area contributed by atoms with Gasteiger partial charge in [0.05, 0.1) is 17.9 Å². The van der Waals surface area contributed by atoms with Gasteiger partial charge in [0.15, 0.2) is 0 Å². The number of benzene rings is 1. The second-order valence-electron chi connectivity index (χ2n) is 6.67. The number of likely N-dealkylation sites (tertiary alicyclic amines) is 1. The topological polar surface area (TPSA) is 51.0 Å². The highest BCUT2D eigenvalue weighted by Gasteiger charge is 2.33. The summed E-state index contributed by atoms with van der Waals surface area (Å²) in [6.07, 6.45) is 2.72. The molecule has 0 radical (unpaired) electrons. The van der Waals surface area contributed by atoms with Gasteiger partial charge in [0, 0.05) is 36.1 Å². The van der Waals surface area contributed by atoms with Crippen molar-refractivity contribution < 1.29 is 9.18 Å². The molecular weight excluding hydrogens is 331 g/mol. The molecule has 6 heteroatoms. The van der Waals surface area contributed by atoms with Crippen molar-refractivity contribution in [3.63, 3.8) is 0 Å². The van der Waals surface area contributed by atoms with Gasteiger partial charge in [0.25, 0.3) is 5.91 Å². The van der Waals surface area contributed by atoms with E-state index in [0.717, 1.165) is 11.4 Å². The van der Waals surface area contributed by atoms with Gasteiger partial charge >= 0.3 is 0 Å². The van der Waals surface area contributed by atoms with Crippen molar-refractivity contribution >= 4 is 5.91 Å². The van der Waals surface area contributed by atoms with Gasteiger partial charge in [-0.05, 0) is 43.7 Å². The minimum Gasteiger partial charge on any atom is -0.334 e. The summed E-state index contributed by atoms with van der Waals surface area (Å²) >= 11 is 0. The van der Waals surface area contributed by atoms with Crippen LogP contribution in [0, 0.1) is 19.7 Å². The van der Waals surface area contributed by atoms with Crippen molar-refractivity contribution in [3.8, 4) is 11.1 Å². The lowest BCUT2D eigenvalue weighted by molar-refractivity contribution is 0.0497. The Balaban J connectivity index is 1.51. The first kappa shape index (κ1) is 16.4. The first-order valence-electron chi connectivity index (χ1n) is 8.55. The Morgan fingerprint density at radius 3 is 2.69 bits per heavy atom. The van der Waals surface area contributed by atoms with E-state index in [4.69, 9.17) is 0 Å². The normalized spacial score (nSPS) is 14.3. The largest absolute Gasteiger partial charge is 0.334 e. The van der Waals surface area contributed by atoms with E-state index in [1.807, 2.05) is 24.6 Å². The quantitative estimate of drug-likeness (QED) is 0.727. The number of halogens is 1. The van der Waals surface area contributed by atoms with Crippen LogP contribution in [-0.4, -0.2) is 38.7 Å². The van der Waals surface area contributed by atoms with Crippen LogP contribution in [0.1, 0.15) is 27.8 Å². The van der Waals surface area contributed by atoms with Crippen LogP contribution in [0.4, 0.5) is 4.39 Å². The lowest BCUT2D eigenvalue weighted by Gasteiger charge is -2.39. The molecule has 0 atom stereocenters. The van der Waals surface area contributed by atoms with E-state index in [1.165, 1.54) is 6.20 Å². The highest BCUT2D eigenvalue weighted by atomic mass is 19.1. The third-order valence-electron chi connectivity index (χ3n) is 4.73. The zero-order chi connectivity index (χ0) is 18.3. The number of hydrogen-bond acceptors (Lipinski definition) is 3. The van der Waals surface area contributed by atoms with Crippen LogP contribution in [-0.2, 0) is 0 Å². The van der Waals surface area contributed by atoms with Crippen molar-refractivity contribution in [1.29, 1.82) is 0 Å². The van der Waals surface area contributed by atoms with Gasteiger partial charge in [-0.1, -0.05) is 12.1 Å². The molecule has 132 valence electrons. The number of nitrogens with zero attached hydrogens (tertiary/aromatic N) is 4. The van der Waals surface area contributed by atoms with Gasteiger partial charge < -0.3 is 4.90 Å². The molecule has 1 aromatic carbocycles. The van der Waals surface area contributed by atoms with Crippen molar-refractivity contribution in [3.05, 3.63) is 71.6 Å². The molecule has 4 rings (SSSR count). The lowest BCUT2D eigenvalue weighted by atomic mass is 10.0. The SMILES string of the molecule is Cc1cc(C)n(C2CN(C(=O)c3cccc(-c4ccncc4F)c3)C2)n1. The van der Waals surface area contributed by atoms with Gasteiger partial charge in [-0.2, -0.15) is 5.10 Å². The molecule has 26 heavy (non-hydrogen) atoms. The predicted octanol–water partition coefficient (Wildman–Crippen LogP) is 3.40. The minimum atomic E-state index is -0.398.